The number of likely N-dealkylation sites (tertiary alicyclic amines) is 1. The van der Waals surface area contributed by atoms with E-state index < -0.39 is 0 Å². The van der Waals surface area contributed by atoms with Crippen molar-refractivity contribution in [1.29, 1.82) is 0 Å². The zero-order valence-corrected chi connectivity index (χ0v) is 19.7. The lowest BCUT2D eigenvalue weighted by molar-refractivity contribution is -0.131. The van der Waals surface area contributed by atoms with Gasteiger partial charge in [0.1, 0.15) is 5.82 Å². The molecular weight excluding hydrogens is 432 g/mol. The number of aromatic amines is 2. The third-order valence-electron chi connectivity index (χ3n) is 7.21. The van der Waals surface area contributed by atoms with Crippen molar-refractivity contribution in [3.05, 3.63) is 52.4 Å². The standard InChI is InChI=1S/C25H32N6O3/c1-15-3-5-19(16(2)11-15)23-24(26-13-22(33)30-9-7-18(32)8-10-30)29-25(34)31(23)17-4-6-20-21(12-17)28-14-27-20/h4,6,11-12,14,16,18-19,26,32H,3,5,7-10,13H2,1-2H3,(H,27,28)(H,29,34). The van der Waals surface area contributed by atoms with Crippen molar-refractivity contribution >= 4 is 22.8 Å². The summed E-state index contributed by atoms with van der Waals surface area (Å²) >= 11 is 0. The number of amides is 1. The van der Waals surface area contributed by atoms with Gasteiger partial charge in [0.2, 0.25) is 5.91 Å². The summed E-state index contributed by atoms with van der Waals surface area (Å²) in [5.41, 5.74) is 4.47. The molecule has 2 atom stereocenters. The highest BCUT2D eigenvalue weighted by atomic mass is 16.3. The summed E-state index contributed by atoms with van der Waals surface area (Å²) in [7, 11) is 0. The maximum atomic E-state index is 13.2. The molecule has 1 amide bonds. The van der Waals surface area contributed by atoms with Gasteiger partial charge in [-0.1, -0.05) is 18.6 Å². The Morgan fingerprint density at radius 2 is 2.06 bits per heavy atom. The molecule has 3 aromatic rings. The van der Waals surface area contributed by atoms with Crippen LogP contribution in [-0.4, -0.2) is 61.2 Å². The molecule has 0 bridgehead atoms. The Balaban J connectivity index is 1.49. The van der Waals surface area contributed by atoms with E-state index in [-0.39, 0.29) is 36.1 Å². The van der Waals surface area contributed by atoms with Crippen molar-refractivity contribution in [2.24, 2.45) is 5.92 Å². The second-order valence-corrected chi connectivity index (χ2v) is 9.61. The number of hydrogen-bond acceptors (Lipinski definition) is 5. The van der Waals surface area contributed by atoms with E-state index >= 15 is 0 Å². The molecule has 9 nitrogen and oxygen atoms in total. The molecule has 1 aliphatic heterocycles. The van der Waals surface area contributed by atoms with Crippen LogP contribution in [0.2, 0.25) is 0 Å². The number of imidazole rings is 2. The van der Waals surface area contributed by atoms with Crippen molar-refractivity contribution in [2.45, 2.75) is 51.6 Å². The third-order valence-corrected chi connectivity index (χ3v) is 7.21. The highest BCUT2D eigenvalue weighted by molar-refractivity contribution is 5.81. The van der Waals surface area contributed by atoms with Crippen molar-refractivity contribution in [1.82, 2.24) is 24.4 Å². The number of anilines is 1. The summed E-state index contributed by atoms with van der Waals surface area (Å²) < 4.78 is 1.74. The van der Waals surface area contributed by atoms with Gasteiger partial charge in [0, 0.05) is 19.0 Å². The molecule has 1 aromatic carbocycles. The minimum atomic E-state index is -0.328. The van der Waals surface area contributed by atoms with Gasteiger partial charge in [-0.05, 0) is 56.7 Å². The van der Waals surface area contributed by atoms with Gasteiger partial charge in [0.05, 0.1) is 41.4 Å². The van der Waals surface area contributed by atoms with Crippen LogP contribution in [0.15, 0.2) is 41.0 Å². The van der Waals surface area contributed by atoms with Crippen LogP contribution in [0.5, 0.6) is 0 Å². The summed E-state index contributed by atoms with van der Waals surface area (Å²) in [6, 6.07) is 5.74. The third kappa shape index (κ3) is 4.27. The van der Waals surface area contributed by atoms with Crippen molar-refractivity contribution < 1.29 is 9.90 Å². The Kier molecular flexibility index (Phi) is 6.03. The van der Waals surface area contributed by atoms with E-state index in [0.29, 0.717) is 31.7 Å². The molecule has 0 spiro atoms. The van der Waals surface area contributed by atoms with Crippen LogP contribution < -0.4 is 11.0 Å². The van der Waals surface area contributed by atoms with Gasteiger partial charge >= 0.3 is 5.69 Å². The van der Waals surface area contributed by atoms with Crippen LogP contribution in [0, 0.1) is 5.92 Å². The molecule has 1 saturated heterocycles. The lowest BCUT2D eigenvalue weighted by Gasteiger charge is -2.30. The average molecular weight is 465 g/mol. The molecule has 1 fully saturated rings. The fourth-order valence-corrected chi connectivity index (χ4v) is 5.32. The fourth-order valence-electron chi connectivity index (χ4n) is 5.32. The first-order valence-corrected chi connectivity index (χ1v) is 12.1. The van der Waals surface area contributed by atoms with E-state index in [4.69, 9.17) is 0 Å². The van der Waals surface area contributed by atoms with Gasteiger partial charge in [-0.2, -0.15) is 0 Å². The zero-order chi connectivity index (χ0) is 23.8. The predicted molar refractivity (Wildman–Crippen MR) is 131 cm³/mol. The predicted octanol–water partition coefficient (Wildman–Crippen LogP) is 2.90. The Morgan fingerprint density at radius 1 is 1.26 bits per heavy atom. The monoisotopic (exact) mass is 464 g/mol. The summed E-state index contributed by atoms with van der Waals surface area (Å²) in [6.45, 7) is 5.54. The number of fused-ring (bicyclic) bond motifs is 1. The van der Waals surface area contributed by atoms with Crippen LogP contribution in [0.3, 0.4) is 0 Å². The summed E-state index contributed by atoms with van der Waals surface area (Å²) in [6.07, 6.45) is 6.71. The van der Waals surface area contributed by atoms with E-state index in [0.717, 1.165) is 35.3 Å². The van der Waals surface area contributed by atoms with Gasteiger partial charge in [0.15, 0.2) is 0 Å². The summed E-state index contributed by atoms with van der Waals surface area (Å²) in [5.74, 6) is 0.955. The molecule has 2 aliphatic rings. The Labute approximate surface area is 197 Å². The highest BCUT2D eigenvalue weighted by Gasteiger charge is 2.30. The van der Waals surface area contributed by atoms with E-state index in [1.54, 1.807) is 15.8 Å². The smallest absolute Gasteiger partial charge is 0.331 e. The number of benzene rings is 1. The minimum Gasteiger partial charge on any atom is -0.393 e. The Morgan fingerprint density at radius 3 is 2.82 bits per heavy atom. The maximum Gasteiger partial charge on any atom is 0.331 e. The van der Waals surface area contributed by atoms with E-state index in [2.05, 4.69) is 40.2 Å². The maximum absolute atomic E-state index is 13.2. The molecule has 0 saturated carbocycles. The second-order valence-electron chi connectivity index (χ2n) is 9.61. The van der Waals surface area contributed by atoms with Crippen LogP contribution >= 0.6 is 0 Å². The lowest BCUT2D eigenvalue weighted by atomic mass is 9.80. The minimum absolute atomic E-state index is 0.0299. The molecule has 5 rings (SSSR count). The molecule has 2 aromatic heterocycles. The van der Waals surface area contributed by atoms with Gasteiger partial charge in [-0.25, -0.2) is 9.78 Å². The number of aliphatic hydroxyl groups is 1. The number of hydrogen-bond donors (Lipinski definition) is 4. The van der Waals surface area contributed by atoms with Gasteiger partial charge in [0.25, 0.3) is 0 Å². The molecule has 0 radical (unpaired) electrons. The number of rotatable bonds is 5. The number of carbonyl (C=O) groups excluding carboxylic acids is 1. The number of carbonyl (C=O) groups is 1. The first kappa shape index (κ1) is 22.5. The molecule has 3 heterocycles. The van der Waals surface area contributed by atoms with Crippen LogP contribution in [0.1, 0.15) is 51.1 Å². The first-order chi connectivity index (χ1) is 16.4. The summed E-state index contributed by atoms with van der Waals surface area (Å²) in [5, 5.41) is 13.0. The number of aromatic nitrogens is 4. The van der Waals surface area contributed by atoms with Gasteiger partial charge < -0.3 is 20.3 Å². The van der Waals surface area contributed by atoms with Gasteiger partial charge in [-0.3, -0.25) is 14.3 Å². The topological polar surface area (TPSA) is 119 Å². The number of allylic oxidation sites excluding steroid dienone is 2. The zero-order valence-electron chi connectivity index (χ0n) is 19.7. The van der Waals surface area contributed by atoms with Crippen molar-refractivity contribution in [3.63, 3.8) is 0 Å². The molecule has 2 unspecified atom stereocenters. The quantitative estimate of drug-likeness (QED) is 0.433. The number of nitrogens with zero attached hydrogens (tertiary/aromatic N) is 3. The molecule has 4 N–H and O–H groups in total. The number of aliphatic hydroxyl groups excluding tert-OH is 1. The Bertz CT molecular complexity index is 1280. The van der Waals surface area contributed by atoms with Crippen LogP contribution in [-0.2, 0) is 4.79 Å². The number of H-pyrrole nitrogens is 2. The number of piperidine rings is 1. The van der Waals surface area contributed by atoms with E-state index in [9.17, 15) is 14.7 Å². The van der Waals surface area contributed by atoms with Crippen molar-refractivity contribution in [3.8, 4) is 5.69 Å². The summed E-state index contributed by atoms with van der Waals surface area (Å²) in [4.78, 5) is 38.2. The molecule has 9 heteroatoms. The number of nitrogens with one attached hydrogen (secondary N) is 3. The van der Waals surface area contributed by atoms with Gasteiger partial charge in [-0.15, -0.1) is 0 Å². The van der Waals surface area contributed by atoms with E-state index in [1.807, 2.05) is 18.2 Å². The fraction of sp³-hybridized carbons (Fsp3) is 0.480. The molecular formula is C25H32N6O3. The van der Waals surface area contributed by atoms with Crippen LogP contribution in [0.4, 0.5) is 5.82 Å². The van der Waals surface area contributed by atoms with Crippen molar-refractivity contribution in [2.75, 3.05) is 25.0 Å². The largest absolute Gasteiger partial charge is 0.393 e. The highest BCUT2D eigenvalue weighted by Crippen LogP contribution is 2.39. The molecule has 1 aliphatic carbocycles. The molecule has 180 valence electrons. The first-order valence-electron chi connectivity index (χ1n) is 12.1. The van der Waals surface area contributed by atoms with Crippen LogP contribution in [0.25, 0.3) is 16.7 Å². The Hall–Kier alpha value is -3.33. The lowest BCUT2D eigenvalue weighted by Crippen LogP contribution is -2.42. The second kappa shape index (κ2) is 9.13. The normalized spacial score (nSPS) is 21.6. The molecule has 34 heavy (non-hydrogen) atoms. The average Bonchev–Trinajstić information content (AvgIpc) is 3.41. The SMILES string of the molecule is CC1=CC(C)C(c2c(NCC(=O)N3CCC(O)CC3)[nH]c(=O)n2-c2ccc3nc[nH]c3c2)CC1. The van der Waals surface area contributed by atoms with E-state index in [1.165, 1.54) is 5.57 Å².